The summed E-state index contributed by atoms with van der Waals surface area (Å²) >= 11 is 0. The lowest BCUT2D eigenvalue weighted by molar-refractivity contribution is -0.171. The standard InChI is InChI=1S/C18H31N3O3.HI/c1-19-17(20-8-3-9-23-13-4-10-22-12-13)21-15-14-5-11-24-16(14)18(15)6-2-7-18;/h13-16H,2-12H2,1H3,(H2,19,20,21);1H. The first-order valence-corrected chi connectivity index (χ1v) is 9.62. The van der Waals surface area contributed by atoms with Crippen molar-refractivity contribution < 1.29 is 14.2 Å². The largest absolute Gasteiger partial charge is 0.379 e. The van der Waals surface area contributed by atoms with Gasteiger partial charge in [0.15, 0.2) is 5.96 Å². The molecule has 2 saturated heterocycles. The predicted octanol–water partition coefficient (Wildman–Crippen LogP) is 1.92. The Hall–Kier alpha value is -0.120. The van der Waals surface area contributed by atoms with Gasteiger partial charge in [0.05, 0.1) is 18.8 Å². The van der Waals surface area contributed by atoms with Crippen LogP contribution >= 0.6 is 24.0 Å². The molecule has 2 N–H and O–H groups in total. The maximum Gasteiger partial charge on any atom is 0.191 e. The molecule has 2 saturated carbocycles. The fourth-order valence-corrected chi connectivity index (χ4v) is 4.97. The first kappa shape index (κ1) is 19.6. The molecule has 1 spiro atoms. The monoisotopic (exact) mass is 465 g/mol. The fraction of sp³-hybridized carbons (Fsp3) is 0.944. The Morgan fingerprint density at radius 3 is 2.84 bits per heavy atom. The number of fused-ring (bicyclic) bond motifs is 2. The third-order valence-corrected chi connectivity index (χ3v) is 6.41. The zero-order valence-electron chi connectivity index (χ0n) is 15.2. The molecule has 0 radical (unpaired) electrons. The Labute approximate surface area is 167 Å². The molecular formula is C18H32IN3O3. The zero-order valence-corrected chi connectivity index (χ0v) is 17.5. The molecule has 4 aliphatic rings. The zero-order chi connectivity index (χ0) is 16.4. The van der Waals surface area contributed by atoms with Crippen LogP contribution in [-0.4, -0.2) is 64.2 Å². The highest BCUT2D eigenvalue weighted by atomic mass is 127. The molecule has 7 heteroatoms. The van der Waals surface area contributed by atoms with Gasteiger partial charge in [0.25, 0.3) is 0 Å². The lowest BCUT2D eigenvalue weighted by atomic mass is 9.46. The van der Waals surface area contributed by atoms with E-state index >= 15 is 0 Å². The van der Waals surface area contributed by atoms with Crippen LogP contribution in [0.25, 0.3) is 0 Å². The number of nitrogens with zero attached hydrogens (tertiary/aromatic N) is 1. The minimum absolute atomic E-state index is 0. The molecule has 4 atom stereocenters. The minimum Gasteiger partial charge on any atom is -0.379 e. The number of guanidine groups is 1. The minimum atomic E-state index is 0. The van der Waals surface area contributed by atoms with Gasteiger partial charge in [-0.15, -0.1) is 24.0 Å². The van der Waals surface area contributed by atoms with Crippen molar-refractivity contribution in [1.29, 1.82) is 0 Å². The first-order chi connectivity index (χ1) is 11.8. The highest BCUT2D eigenvalue weighted by molar-refractivity contribution is 14.0. The van der Waals surface area contributed by atoms with E-state index in [0.29, 0.717) is 29.6 Å². The summed E-state index contributed by atoms with van der Waals surface area (Å²) in [6, 6.07) is 0.539. The average molecular weight is 465 g/mol. The van der Waals surface area contributed by atoms with Crippen LogP contribution in [0.5, 0.6) is 0 Å². The molecule has 4 fully saturated rings. The number of ether oxygens (including phenoxy) is 3. The van der Waals surface area contributed by atoms with Crippen LogP contribution in [0.15, 0.2) is 4.99 Å². The van der Waals surface area contributed by atoms with Crippen molar-refractivity contribution in [2.75, 3.05) is 40.0 Å². The smallest absolute Gasteiger partial charge is 0.191 e. The third kappa shape index (κ3) is 3.80. The van der Waals surface area contributed by atoms with Gasteiger partial charge in [0, 0.05) is 50.8 Å². The van der Waals surface area contributed by atoms with E-state index in [1.165, 1.54) is 25.7 Å². The van der Waals surface area contributed by atoms with Gasteiger partial charge < -0.3 is 24.8 Å². The van der Waals surface area contributed by atoms with Crippen molar-refractivity contribution >= 4 is 29.9 Å². The normalized spacial score (nSPS) is 35.5. The van der Waals surface area contributed by atoms with Gasteiger partial charge in [-0.1, -0.05) is 6.42 Å². The van der Waals surface area contributed by atoms with Crippen molar-refractivity contribution in [3.8, 4) is 0 Å². The molecule has 6 nitrogen and oxygen atoms in total. The fourth-order valence-electron chi connectivity index (χ4n) is 4.97. The Morgan fingerprint density at radius 1 is 1.28 bits per heavy atom. The van der Waals surface area contributed by atoms with Gasteiger partial charge in [-0.2, -0.15) is 0 Å². The van der Waals surface area contributed by atoms with E-state index in [1.54, 1.807) is 0 Å². The molecular weight excluding hydrogens is 433 g/mol. The van der Waals surface area contributed by atoms with E-state index in [9.17, 15) is 0 Å². The second-order valence-corrected chi connectivity index (χ2v) is 7.66. The second kappa shape index (κ2) is 8.71. The van der Waals surface area contributed by atoms with Gasteiger partial charge in [-0.3, -0.25) is 4.99 Å². The van der Waals surface area contributed by atoms with Crippen LogP contribution in [0.4, 0.5) is 0 Å². The van der Waals surface area contributed by atoms with Crippen molar-refractivity contribution in [2.24, 2.45) is 16.3 Å². The molecule has 4 rings (SSSR count). The lowest BCUT2D eigenvalue weighted by Crippen LogP contribution is -2.72. The molecule has 0 aromatic carbocycles. The molecule has 4 unspecified atom stereocenters. The van der Waals surface area contributed by atoms with Crippen LogP contribution in [-0.2, 0) is 14.2 Å². The maximum absolute atomic E-state index is 5.99. The quantitative estimate of drug-likeness (QED) is 0.272. The van der Waals surface area contributed by atoms with E-state index in [2.05, 4.69) is 15.6 Å². The summed E-state index contributed by atoms with van der Waals surface area (Å²) in [4.78, 5) is 4.42. The number of aliphatic imine (C=N–C) groups is 1. The molecule has 144 valence electrons. The molecule has 2 heterocycles. The molecule has 0 amide bonds. The van der Waals surface area contributed by atoms with Crippen molar-refractivity contribution in [1.82, 2.24) is 10.6 Å². The third-order valence-electron chi connectivity index (χ3n) is 6.41. The van der Waals surface area contributed by atoms with E-state index in [4.69, 9.17) is 14.2 Å². The summed E-state index contributed by atoms with van der Waals surface area (Å²) in [7, 11) is 1.86. The number of nitrogens with one attached hydrogen (secondary N) is 2. The number of hydrogen-bond acceptors (Lipinski definition) is 4. The Kier molecular flexibility index (Phi) is 6.84. The molecule has 0 aromatic rings. The Balaban J connectivity index is 0.00000182. The Morgan fingerprint density at radius 2 is 2.16 bits per heavy atom. The van der Waals surface area contributed by atoms with Gasteiger partial charge in [0.2, 0.25) is 0 Å². The van der Waals surface area contributed by atoms with Gasteiger partial charge in [0.1, 0.15) is 0 Å². The lowest BCUT2D eigenvalue weighted by Gasteiger charge is -2.63. The van der Waals surface area contributed by atoms with Gasteiger partial charge in [-0.05, 0) is 32.1 Å². The molecule has 0 aromatic heterocycles. The van der Waals surface area contributed by atoms with Crippen molar-refractivity contribution in [2.45, 2.75) is 56.8 Å². The van der Waals surface area contributed by atoms with Crippen molar-refractivity contribution in [3.05, 3.63) is 0 Å². The summed E-state index contributed by atoms with van der Waals surface area (Å²) < 4.78 is 17.1. The van der Waals surface area contributed by atoms with E-state index in [1.807, 2.05) is 7.05 Å². The van der Waals surface area contributed by atoms with Crippen LogP contribution in [0.3, 0.4) is 0 Å². The summed E-state index contributed by atoms with van der Waals surface area (Å²) in [5.74, 6) is 1.61. The highest BCUT2D eigenvalue weighted by Gasteiger charge is 2.66. The van der Waals surface area contributed by atoms with Crippen LogP contribution in [0.1, 0.15) is 38.5 Å². The van der Waals surface area contributed by atoms with E-state index < -0.39 is 0 Å². The van der Waals surface area contributed by atoms with Crippen LogP contribution < -0.4 is 10.6 Å². The Bertz CT molecular complexity index is 466. The number of hydrogen-bond donors (Lipinski definition) is 2. The molecule has 2 aliphatic carbocycles. The van der Waals surface area contributed by atoms with Crippen molar-refractivity contribution in [3.63, 3.8) is 0 Å². The average Bonchev–Trinajstić information content (AvgIpc) is 3.19. The van der Waals surface area contributed by atoms with Gasteiger partial charge in [-0.25, -0.2) is 0 Å². The molecule has 0 bridgehead atoms. The summed E-state index contributed by atoms with van der Waals surface area (Å²) in [5, 5.41) is 7.14. The summed E-state index contributed by atoms with van der Waals surface area (Å²) in [6.45, 7) is 4.20. The van der Waals surface area contributed by atoms with E-state index in [0.717, 1.165) is 51.8 Å². The predicted molar refractivity (Wildman–Crippen MR) is 108 cm³/mol. The number of halogens is 1. The second-order valence-electron chi connectivity index (χ2n) is 7.66. The first-order valence-electron chi connectivity index (χ1n) is 9.62. The summed E-state index contributed by atoms with van der Waals surface area (Å²) in [5.41, 5.74) is 0.393. The van der Waals surface area contributed by atoms with Crippen LogP contribution in [0, 0.1) is 11.3 Å². The molecule has 2 aliphatic heterocycles. The maximum atomic E-state index is 5.99. The summed E-state index contributed by atoms with van der Waals surface area (Å²) in [6.07, 6.45) is 7.98. The topological polar surface area (TPSA) is 64.1 Å². The SMILES string of the molecule is CN=C(NCCCOC1CCOC1)NC1C2CCOC2C12CCC2.I. The number of rotatable bonds is 6. The van der Waals surface area contributed by atoms with E-state index in [-0.39, 0.29) is 24.0 Å². The van der Waals surface area contributed by atoms with Crippen LogP contribution in [0.2, 0.25) is 0 Å². The molecule has 25 heavy (non-hydrogen) atoms. The van der Waals surface area contributed by atoms with Gasteiger partial charge >= 0.3 is 0 Å². The highest BCUT2D eigenvalue weighted by Crippen LogP contribution is 2.62.